The Balaban J connectivity index is 2.31. The quantitative estimate of drug-likeness (QED) is 0.907. The second-order valence-corrected chi connectivity index (χ2v) is 5.19. The molecule has 1 saturated carbocycles. The van der Waals surface area contributed by atoms with E-state index in [0.29, 0.717) is 24.7 Å². The molecule has 0 radical (unpaired) electrons. The first-order chi connectivity index (χ1) is 9.97. The lowest BCUT2D eigenvalue weighted by atomic mass is 9.90. The van der Waals surface area contributed by atoms with Crippen LogP contribution in [0.3, 0.4) is 0 Å². The van der Waals surface area contributed by atoms with Crippen LogP contribution in [0, 0.1) is 11.3 Å². The van der Waals surface area contributed by atoms with Crippen LogP contribution in [0.15, 0.2) is 18.2 Å². The van der Waals surface area contributed by atoms with Gasteiger partial charge < -0.3 is 10.0 Å². The van der Waals surface area contributed by atoms with Gasteiger partial charge in [0, 0.05) is 24.9 Å². The standard InChI is InChI=1S/C15H17F3N2O/c16-15(17,18)14-6-5-13(9-11(14)10-19)20(7-2-8-21)12-3-1-4-12/h5-6,9,12,21H,1-4,7-8H2. The zero-order chi connectivity index (χ0) is 15.5. The molecule has 1 aromatic carbocycles. The molecule has 1 aromatic rings. The first-order valence-electron chi connectivity index (χ1n) is 6.96. The summed E-state index contributed by atoms with van der Waals surface area (Å²) in [6, 6.07) is 5.61. The Bertz CT molecular complexity index is 533. The van der Waals surface area contributed by atoms with E-state index in [4.69, 9.17) is 10.4 Å². The second-order valence-electron chi connectivity index (χ2n) is 5.19. The van der Waals surface area contributed by atoms with E-state index in [1.165, 1.54) is 12.1 Å². The van der Waals surface area contributed by atoms with Crippen molar-refractivity contribution in [2.45, 2.75) is 37.9 Å². The summed E-state index contributed by atoms with van der Waals surface area (Å²) in [5.41, 5.74) is -0.629. The van der Waals surface area contributed by atoms with Crippen molar-refractivity contribution >= 4 is 5.69 Å². The van der Waals surface area contributed by atoms with Gasteiger partial charge in [-0.3, -0.25) is 0 Å². The van der Waals surface area contributed by atoms with Gasteiger partial charge in [0.05, 0.1) is 17.2 Å². The van der Waals surface area contributed by atoms with Crippen molar-refractivity contribution in [2.75, 3.05) is 18.1 Å². The van der Waals surface area contributed by atoms with Crippen LogP contribution in [0.4, 0.5) is 18.9 Å². The molecule has 21 heavy (non-hydrogen) atoms. The smallest absolute Gasteiger partial charge is 0.396 e. The van der Waals surface area contributed by atoms with E-state index in [1.54, 1.807) is 6.07 Å². The molecule has 0 amide bonds. The molecule has 1 fully saturated rings. The molecule has 1 aliphatic rings. The van der Waals surface area contributed by atoms with Crippen molar-refractivity contribution in [3.63, 3.8) is 0 Å². The van der Waals surface area contributed by atoms with Gasteiger partial charge in [-0.2, -0.15) is 18.4 Å². The SMILES string of the molecule is N#Cc1cc(N(CCCO)C2CCC2)ccc1C(F)(F)F. The number of alkyl halides is 3. The van der Waals surface area contributed by atoms with Gasteiger partial charge in [0.2, 0.25) is 0 Å². The number of rotatable bonds is 5. The lowest BCUT2D eigenvalue weighted by Crippen LogP contribution is -2.41. The third-order valence-corrected chi connectivity index (χ3v) is 3.83. The molecule has 114 valence electrons. The summed E-state index contributed by atoms with van der Waals surface area (Å²) in [5.74, 6) is 0. The van der Waals surface area contributed by atoms with E-state index in [9.17, 15) is 13.2 Å². The number of nitrogens with zero attached hydrogens (tertiary/aromatic N) is 2. The molecule has 0 bridgehead atoms. The average molecular weight is 298 g/mol. The Hall–Kier alpha value is -1.74. The van der Waals surface area contributed by atoms with Crippen LogP contribution >= 0.6 is 0 Å². The van der Waals surface area contributed by atoms with Gasteiger partial charge in [-0.1, -0.05) is 0 Å². The van der Waals surface area contributed by atoms with Crippen molar-refractivity contribution < 1.29 is 18.3 Å². The topological polar surface area (TPSA) is 47.3 Å². The minimum absolute atomic E-state index is 0.0367. The number of aliphatic hydroxyl groups is 1. The Morgan fingerprint density at radius 3 is 2.52 bits per heavy atom. The van der Waals surface area contributed by atoms with E-state index >= 15 is 0 Å². The Kier molecular flexibility index (Phi) is 4.73. The van der Waals surface area contributed by atoms with Gasteiger partial charge in [-0.05, 0) is 43.9 Å². The lowest BCUT2D eigenvalue weighted by Gasteiger charge is -2.39. The van der Waals surface area contributed by atoms with Gasteiger partial charge >= 0.3 is 6.18 Å². The predicted octanol–water partition coefficient (Wildman–Crippen LogP) is 3.32. The van der Waals surface area contributed by atoms with Gasteiger partial charge in [0.15, 0.2) is 0 Å². The van der Waals surface area contributed by atoms with Crippen molar-refractivity contribution in [1.29, 1.82) is 5.26 Å². The predicted molar refractivity (Wildman–Crippen MR) is 72.8 cm³/mol. The van der Waals surface area contributed by atoms with Crippen LogP contribution in [0.25, 0.3) is 0 Å². The molecule has 0 aromatic heterocycles. The zero-order valence-electron chi connectivity index (χ0n) is 11.5. The molecule has 3 nitrogen and oxygen atoms in total. The van der Waals surface area contributed by atoms with E-state index < -0.39 is 11.7 Å². The molecule has 0 saturated heterocycles. The van der Waals surface area contributed by atoms with E-state index in [1.807, 2.05) is 4.90 Å². The minimum Gasteiger partial charge on any atom is -0.396 e. The Morgan fingerprint density at radius 1 is 1.33 bits per heavy atom. The van der Waals surface area contributed by atoms with Crippen LogP contribution in [0.2, 0.25) is 0 Å². The highest BCUT2D eigenvalue weighted by Gasteiger charge is 2.34. The highest BCUT2D eigenvalue weighted by atomic mass is 19.4. The fourth-order valence-corrected chi connectivity index (χ4v) is 2.51. The number of nitriles is 1. The summed E-state index contributed by atoms with van der Waals surface area (Å²) in [6.07, 6.45) is -0.871. The maximum Gasteiger partial charge on any atom is 0.417 e. The van der Waals surface area contributed by atoms with E-state index in [0.717, 1.165) is 25.3 Å². The molecule has 6 heteroatoms. The van der Waals surface area contributed by atoms with Gasteiger partial charge in [-0.15, -0.1) is 0 Å². The van der Waals surface area contributed by atoms with Crippen LogP contribution in [0.5, 0.6) is 0 Å². The van der Waals surface area contributed by atoms with E-state index in [2.05, 4.69) is 0 Å². The van der Waals surface area contributed by atoms with Crippen molar-refractivity contribution in [3.8, 4) is 6.07 Å². The number of hydrogen-bond donors (Lipinski definition) is 1. The Labute approximate surface area is 121 Å². The molecular weight excluding hydrogens is 281 g/mol. The van der Waals surface area contributed by atoms with Crippen molar-refractivity contribution in [1.82, 2.24) is 0 Å². The fourth-order valence-electron chi connectivity index (χ4n) is 2.51. The third-order valence-electron chi connectivity index (χ3n) is 3.83. The first kappa shape index (κ1) is 15.6. The van der Waals surface area contributed by atoms with Gasteiger partial charge in [0.1, 0.15) is 0 Å². The third kappa shape index (κ3) is 3.48. The van der Waals surface area contributed by atoms with Crippen molar-refractivity contribution in [2.24, 2.45) is 0 Å². The summed E-state index contributed by atoms with van der Waals surface area (Å²) in [4.78, 5) is 2.00. The molecule has 0 aliphatic heterocycles. The number of anilines is 1. The maximum absolute atomic E-state index is 12.8. The normalized spacial score (nSPS) is 15.4. The number of aliphatic hydroxyl groups excluding tert-OH is 1. The maximum atomic E-state index is 12.8. The summed E-state index contributed by atoms with van der Waals surface area (Å²) in [6.45, 7) is 0.617. The summed E-state index contributed by atoms with van der Waals surface area (Å²) in [7, 11) is 0. The van der Waals surface area contributed by atoms with Crippen LogP contribution in [-0.4, -0.2) is 24.3 Å². The average Bonchev–Trinajstić information content (AvgIpc) is 2.39. The fraction of sp³-hybridized carbons (Fsp3) is 0.533. The molecular formula is C15H17F3N2O. The number of hydrogen-bond acceptors (Lipinski definition) is 3. The highest BCUT2D eigenvalue weighted by molar-refractivity contribution is 5.56. The van der Waals surface area contributed by atoms with Crippen LogP contribution < -0.4 is 4.90 Å². The lowest BCUT2D eigenvalue weighted by molar-refractivity contribution is -0.137. The molecule has 0 atom stereocenters. The molecule has 2 rings (SSSR count). The highest BCUT2D eigenvalue weighted by Crippen LogP contribution is 2.36. The second kappa shape index (κ2) is 6.35. The number of halogens is 3. The zero-order valence-corrected chi connectivity index (χ0v) is 11.5. The first-order valence-corrected chi connectivity index (χ1v) is 6.96. The molecule has 0 spiro atoms. The van der Waals surface area contributed by atoms with Crippen LogP contribution in [-0.2, 0) is 6.18 Å². The molecule has 1 N–H and O–H groups in total. The molecule has 0 heterocycles. The minimum atomic E-state index is -4.52. The van der Waals surface area contributed by atoms with Gasteiger partial charge in [0.25, 0.3) is 0 Å². The largest absolute Gasteiger partial charge is 0.417 e. The number of benzene rings is 1. The van der Waals surface area contributed by atoms with E-state index in [-0.39, 0.29) is 12.2 Å². The molecule has 1 aliphatic carbocycles. The summed E-state index contributed by atoms with van der Waals surface area (Å²) in [5, 5.41) is 17.9. The Morgan fingerprint density at radius 2 is 2.05 bits per heavy atom. The van der Waals surface area contributed by atoms with Gasteiger partial charge in [-0.25, -0.2) is 0 Å². The summed E-state index contributed by atoms with van der Waals surface area (Å²) < 4.78 is 38.4. The molecule has 0 unspecified atom stereocenters. The van der Waals surface area contributed by atoms with Crippen molar-refractivity contribution in [3.05, 3.63) is 29.3 Å². The summed E-state index contributed by atoms with van der Waals surface area (Å²) >= 11 is 0. The van der Waals surface area contributed by atoms with Crippen LogP contribution in [0.1, 0.15) is 36.8 Å². The monoisotopic (exact) mass is 298 g/mol.